The molecule has 2 amide bonds. The molecule has 27 heavy (non-hydrogen) atoms. The second-order valence-electron chi connectivity index (χ2n) is 7.03. The Labute approximate surface area is 159 Å². The standard InChI is InChI=1S/C21H25N3O3/c1-13-18(15(3)25)14(2)22-19(13)20(26)23-17-10-6-5-9-16(17)21(27)24-11-7-4-8-12-24/h5-6,9-10,22H,4,7-8,11-12H2,1-3H3,(H,23,26). The van der Waals surface area contributed by atoms with Gasteiger partial charge in [-0.25, -0.2) is 0 Å². The van der Waals surface area contributed by atoms with E-state index in [1.54, 1.807) is 38.1 Å². The predicted octanol–water partition coefficient (Wildman–Crippen LogP) is 3.71. The molecule has 6 heteroatoms. The zero-order valence-electron chi connectivity index (χ0n) is 16.0. The first-order valence-corrected chi connectivity index (χ1v) is 9.30. The Morgan fingerprint density at radius 2 is 1.70 bits per heavy atom. The van der Waals surface area contributed by atoms with Crippen LogP contribution in [0.3, 0.4) is 0 Å². The van der Waals surface area contributed by atoms with Gasteiger partial charge in [-0.2, -0.15) is 0 Å². The van der Waals surface area contributed by atoms with Gasteiger partial charge in [0.25, 0.3) is 11.8 Å². The van der Waals surface area contributed by atoms with Gasteiger partial charge in [0, 0.05) is 24.3 Å². The van der Waals surface area contributed by atoms with Crippen LogP contribution in [0.15, 0.2) is 24.3 Å². The molecule has 2 aromatic rings. The molecule has 0 saturated carbocycles. The molecule has 1 aliphatic rings. The highest BCUT2D eigenvalue weighted by atomic mass is 16.2. The van der Waals surface area contributed by atoms with Crippen molar-refractivity contribution in [3.8, 4) is 0 Å². The summed E-state index contributed by atoms with van der Waals surface area (Å²) in [4.78, 5) is 42.3. The van der Waals surface area contributed by atoms with Crippen molar-refractivity contribution in [3.63, 3.8) is 0 Å². The van der Waals surface area contributed by atoms with Crippen LogP contribution in [-0.2, 0) is 0 Å². The number of benzene rings is 1. The van der Waals surface area contributed by atoms with Crippen molar-refractivity contribution in [2.45, 2.75) is 40.0 Å². The SMILES string of the molecule is CC(=O)c1c(C)[nH]c(C(=O)Nc2ccccc2C(=O)N2CCCCC2)c1C. The minimum atomic E-state index is -0.359. The average Bonchev–Trinajstić information content (AvgIpc) is 2.97. The van der Waals surface area contributed by atoms with Crippen molar-refractivity contribution in [3.05, 3.63) is 52.3 Å². The quantitative estimate of drug-likeness (QED) is 0.808. The molecule has 1 fully saturated rings. The van der Waals surface area contributed by atoms with Gasteiger partial charge >= 0.3 is 0 Å². The number of aromatic amines is 1. The Balaban J connectivity index is 1.86. The van der Waals surface area contributed by atoms with Gasteiger partial charge in [-0.15, -0.1) is 0 Å². The zero-order valence-corrected chi connectivity index (χ0v) is 16.0. The first-order chi connectivity index (χ1) is 12.9. The molecule has 0 spiro atoms. The molecule has 1 saturated heterocycles. The number of H-pyrrole nitrogens is 1. The van der Waals surface area contributed by atoms with Crippen LogP contribution in [0, 0.1) is 13.8 Å². The fourth-order valence-corrected chi connectivity index (χ4v) is 3.74. The van der Waals surface area contributed by atoms with E-state index in [0.717, 1.165) is 32.4 Å². The summed E-state index contributed by atoms with van der Waals surface area (Å²) in [5.41, 5.74) is 3.14. The van der Waals surface area contributed by atoms with Crippen LogP contribution in [0.25, 0.3) is 0 Å². The summed E-state index contributed by atoms with van der Waals surface area (Å²) in [7, 11) is 0. The number of ketones is 1. The summed E-state index contributed by atoms with van der Waals surface area (Å²) in [5.74, 6) is -0.502. The normalized spacial score (nSPS) is 14.1. The first-order valence-electron chi connectivity index (χ1n) is 9.30. The Morgan fingerprint density at radius 3 is 2.33 bits per heavy atom. The van der Waals surface area contributed by atoms with Crippen LogP contribution in [0.4, 0.5) is 5.69 Å². The molecule has 1 aliphatic heterocycles. The molecule has 0 atom stereocenters. The number of rotatable bonds is 4. The van der Waals surface area contributed by atoms with Crippen molar-refractivity contribution in [2.24, 2.45) is 0 Å². The summed E-state index contributed by atoms with van der Waals surface area (Å²) >= 11 is 0. The van der Waals surface area contributed by atoms with Crippen molar-refractivity contribution < 1.29 is 14.4 Å². The molecule has 3 rings (SSSR count). The van der Waals surface area contributed by atoms with Gasteiger partial charge in [0.1, 0.15) is 5.69 Å². The third-order valence-corrected chi connectivity index (χ3v) is 5.07. The molecule has 0 bridgehead atoms. The fraction of sp³-hybridized carbons (Fsp3) is 0.381. The lowest BCUT2D eigenvalue weighted by molar-refractivity contribution is 0.0725. The van der Waals surface area contributed by atoms with Crippen LogP contribution >= 0.6 is 0 Å². The van der Waals surface area contributed by atoms with E-state index in [4.69, 9.17) is 0 Å². The molecule has 1 aromatic heterocycles. The van der Waals surface area contributed by atoms with Gasteiger partial charge < -0.3 is 15.2 Å². The molecule has 2 N–H and O–H groups in total. The maximum Gasteiger partial charge on any atom is 0.272 e. The number of nitrogens with one attached hydrogen (secondary N) is 2. The van der Waals surface area contributed by atoms with Crippen LogP contribution < -0.4 is 5.32 Å². The number of likely N-dealkylation sites (tertiary alicyclic amines) is 1. The summed E-state index contributed by atoms with van der Waals surface area (Å²) in [5, 5.41) is 2.84. The van der Waals surface area contributed by atoms with Gasteiger partial charge in [-0.3, -0.25) is 14.4 Å². The van der Waals surface area contributed by atoms with E-state index in [1.807, 2.05) is 4.90 Å². The molecule has 2 heterocycles. The number of aryl methyl sites for hydroxylation is 1. The topological polar surface area (TPSA) is 82.3 Å². The number of piperidine rings is 1. The van der Waals surface area contributed by atoms with E-state index in [9.17, 15) is 14.4 Å². The Kier molecular flexibility index (Phi) is 5.44. The third-order valence-electron chi connectivity index (χ3n) is 5.07. The smallest absolute Gasteiger partial charge is 0.272 e. The summed E-state index contributed by atoms with van der Waals surface area (Å²) in [6.07, 6.45) is 3.16. The van der Waals surface area contributed by atoms with E-state index < -0.39 is 0 Å². The molecule has 6 nitrogen and oxygen atoms in total. The molecule has 0 aliphatic carbocycles. The van der Waals surface area contributed by atoms with E-state index >= 15 is 0 Å². The zero-order chi connectivity index (χ0) is 19.6. The molecule has 142 valence electrons. The van der Waals surface area contributed by atoms with Gasteiger partial charge in [-0.05, 0) is 57.7 Å². The fourth-order valence-electron chi connectivity index (χ4n) is 3.74. The van der Waals surface area contributed by atoms with Crippen molar-refractivity contribution >= 4 is 23.3 Å². The number of anilines is 1. The van der Waals surface area contributed by atoms with Gasteiger partial charge in [-0.1, -0.05) is 12.1 Å². The van der Waals surface area contributed by atoms with Crippen LogP contribution in [0.1, 0.15) is 68.6 Å². The lowest BCUT2D eigenvalue weighted by Gasteiger charge is -2.27. The van der Waals surface area contributed by atoms with Gasteiger partial charge in [0.05, 0.1) is 11.3 Å². The third kappa shape index (κ3) is 3.79. The van der Waals surface area contributed by atoms with Crippen molar-refractivity contribution in [2.75, 3.05) is 18.4 Å². The monoisotopic (exact) mass is 367 g/mol. The summed E-state index contributed by atoms with van der Waals surface area (Å²) in [6.45, 7) is 6.50. The lowest BCUT2D eigenvalue weighted by atomic mass is 10.1. The number of nitrogens with zero attached hydrogens (tertiary/aromatic N) is 1. The second kappa shape index (κ2) is 7.78. The number of carbonyl (C=O) groups excluding carboxylic acids is 3. The highest BCUT2D eigenvalue weighted by Gasteiger charge is 2.23. The van der Waals surface area contributed by atoms with Gasteiger partial charge in [0.15, 0.2) is 5.78 Å². The first kappa shape index (κ1) is 18.9. The Hall–Kier alpha value is -2.89. The minimum absolute atomic E-state index is 0.0607. The number of Topliss-reactive ketones (excluding diaryl/α,β-unsaturated/α-hetero) is 1. The summed E-state index contributed by atoms with van der Waals surface area (Å²) < 4.78 is 0. The highest BCUT2D eigenvalue weighted by molar-refractivity contribution is 6.10. The van der Waals surface area contributed by atoms with Gasteiger partial charge in [0.2, 0.25) is 0 Å². The molecular weight excluding hydrogens is 342 g/mol. The highest BCUT2D eigenvalue weighted by Crippen LogP contribution is 2.23. The molecule has 0 unspecified atom stereocenters. The predicted molar refractivity (Wildman–Crippen MR) is 104 cm³/mol. The number of para-hydroxylation sites is 1. The number of amides is 2. The maximum atomic E-state index is 12.9. The van der Waals surface area contributed by atoms with E-state index in [2.05, 4.69) is 10.3 Å². The molecular formula is C21H25N3O3. The second-order valence-corrected chi connectivity index (χ2v) is 7.03. The molecule has 0 radical (unpaired) electrons. The van der Waals surface area contributed by atoms with Crippen molar-refractivity contribution in [1.82, 2.24) is 9.88 Å². The van der Waals surface area contributed by atoms with Crippen LogP contribution in [0.2, 0.25) is 0 Å². The summed E-state index contributed by atoms with van der Waals surface area (Å²) in [6, 6.07) is 7.05. The van der Waals surface area contributed by atoms with E-state index in [-0.39, 0.29) is 17.6 Å². The largest absolute Gasteiger partial charge is 0.354 e. The number of hydrogen-bond donors (Lipinski definition) is 2. The Bertz CT molecular complexity index is 892. The Morgan fingerprint density at radius 1 is 1.04 bits per heavy atom. The number of carbonyl (C=O) groups is 3. The average molecular weight is 367 g/mol. The van der Waals surface area contributed by atoms with Crippen molar-refractivity contribution in [1.29, 1.82) is 0 Å². The molecule has 1 aromatic carbocycles. The van der Waals surface area contributed by atoms with E-state index in [0.29, 0.717) is 33.8 Å². The minimum Gasteiger partial charge on any atom is -0.354 e. The lowest BCUT2D eigenvalue weighted by Crippen LogP contribution is -2.36. The van der Waals surface area contributed by atoms with Crippen LogP contribution in [-0.4, -0.2) is 40.6 Å². The van der Waals surface area contributed by atoms with E-state index in [1.165, 1.54) is 6.92 Å². The van der Waals surface area contributed by atoms with Crippen LogP contribution in [0.5, 0.6) is 0 Å². The number of aromatic nitrogens is 1. The number of hydrogen-bond acceptors (Lipinski definition) is 3. The maximum absolute atomic E-state index is 12.9.